The van der Waals surface area contributed by atoms with Gasteiger partial charge in [0.25, 0.3) is 0 Å². The van der Waals surface area contributed by atoms with E-state index in [9.17, 15) is 4.79 Å². The lowest BCUT2D eigenvalue weighted by Crippen LogP contribution is -2.34. The van der Waals surface area contributed by atoms with Gasteiger partial charge in [-0.15, -0.1) is 12.4 Å². The number of amides is 1. The Hall–Kier alpha value is -1.50. The first-order valence-electron chi connectivity index (χ1n) is 6.14. The van der Waals surface area contributed by atoms with Gasteiger partial charge in [0, 0.05) is 20.2 Å². The Morgan fingerprint density at radius 1 is 1.35 bits per heavy atom. The summed E-state index contributed by atoms with van der Waals surface area (Å²) in [5.41, 5.74) is 0.981. The number of methoxy groups -OCH3 is 1. The van der Waals surface area contributed by atoms with Crippen LogP contribution < -0.4 is 20.1 Å². The van der Waals surface area contributed by atoms with Crippen molar-refractivity contribution in [3.63, 3.8) is 0 Å². The predicted molar refractivity (Wildman–Crippen MR) is 76.4 cm³/mol. The molecule has 0 atom stereocenters. The van der Waals surface area contributed by atoms with Crippen molar-refractivity contribution >= 4 is 18.3 Å². The number of rotatable bonds is 7. The summed E-state index contributed by atoms with van der Waals surface area (Å²) in [5.74, 6) is 1.43. The molecule has 0 unspecified atom stereocenters. The summed E-state index contributed by atoms with van der Waals surface area (Å²) in [5, 5.41) is 5.81. The van der Waals surface area contributed by atoms with Crippen LogP contribution in [0.4, 0.5) is 0 Å². The van der Waals surface area contributed by atoms with E-state index in [2.05, 4.69) is 10.6 Å². The first kappa shape index (κ1) is 16.6. The van der Waals surface area contributed by atoms with E-state index in [1.54, 1.807) is 7.11 Å². The molecule has 0 aliphatic carbocycles. The van der Waals surface area contributed by atoms with Crippen LogP contribution >= 0.6 is 12.4 Å². The minimum Gasteiger partial charge on any atom is -0.454 e. The van der Waals surface area contributed by atoms with E-state index >= 15 is 0 Å². The van der Waals surface area contributed by atoms with E-state index in [1.807, 2.05) is 18.2 Å². The van der Waals surface area contributed by atoms with Gasteiger partial charge in [-0.05, 0) is 17.7 Å². The summed E-state index contributed by atoms with van der Waals surface area (Å²) < 4.78 is 15.4. The molecule has 0 saturated heterocycles. The zero-order chi connectivity index (χ0) is 13.5. The Kier molecular flexibility index (Phi) is 7.14. The molecule has 1 heterocycles. The maximum Gasteiger partial charge on any atom is 0.234 e. The van der Waals surface area contributed by atoms with Crippen molar-refractivity contribution in [2.75, 3.05) is 33.6 Å². The first-order chi connectivity index (χ1) is 9.29. The summed E-state index contributed by atoms with van der Waals surface area (Å²) >= 11 is 0. The molecule has 7 heteroatoms. The molecule has 20 heavy (non-hydrogen) atoms. The van der Waals surface area contributed by atoms with Crippen LogP contribution in [0, 0.1) is 0 Å². The monoisotopic (exact) mass is 302 g/mol. The quantitative estimate of drug-likeness (QED) is 0.725. The molecule has 0 spiro atoms. The van der Waals surface area contributed by atoms with E-state index in [-0.39, 0.29) is 31.7 Å². The van der Waals surface area contributed by atoms with Gasteiger partial charge in [0.15, 0.2) is 11.5 Å². The van der Waals surface area contributed by atoms with E-state index < -0.39 is 0 Å². The van der Waals surface area contributed by atoms with Crippen molar-refractivity contribution in [2.45, 2.75) is 6.54 Å². The largest absolute Gasteiger partial charge is 0.454 e. The second-order valence-corrected chi connectivity index (χ2v) is 4.13. The Morgan fingerprint density at radius 2 is 2.15 bits per heavy atom. The van der Waals surface area contributed by atoms with Gasteiger partial charge in [-0.1, -0.05) is 6.07 Å². The fourth-order valence-electron chi connectivity index (χ4n) is 1.69. The summed E-state index contributed by atoms with van der Waals surface area (Å²) in [6, 6.07) is 5.63. The molecule has 0 aromatic heterocycles. The van der Waals surface area contributed by atoms with Crippen LogP contribution in [0.25, 0.3) is 0 Å². The number of carbonyl (C=O) groups is 1. The van der Waals surface area contributed by atoms with Crippen LogP contribution in [-0.2, 0) is 16.1 Å². The number of fused-ring (bicyclic) bond motifs is 1. The lowest BCUT2D eigenvalue weighted by molar-refractivity contribution is -0.120. The Morgan fingerprint density at radius 3 is 2.95 bits per heavy atom. The molecule has 1 aromatic carbocycles. The SMILES string of the molecule is COCCNCC(=O)NCc1ccc2c(c1)OCO2.Cl. The molecule has 1 aliphatic rings. The summed E-state index contributed by atoms with van der Waals surface area (Å²) in [7, 11) is 1.63. The van der Waals surface area contributed by atoms with Crippen molar-refractivity contribution < 1.29 is 19.0 Å². The smallest absolute Gasteiger partial charge is 0.234 e. The highest BCUT2D eigenvalue weighted by Crippen LogP contribution is 2.32. The highest BCUT2D eigenvalue weighted by Gasteiger charge is 2.13. The normalized spacial score (nSPS) is 11.8. The van der Waals surface area contributed by atoms with Crippen LogP contribution in [0.3, 0.4) is 0 Å². The summed E-state index contributed by atoms with van der Waals surface area (Å²) in [6.07, 6.45) is 0. The molecule has 112 valence electrons. The third-order valence-electron chi connectivity index (χ3n) is 2.70. The van der Waals surface area contributed by atoms with E-state index in [1.165, 1.54) is 0 Å². The summed E-state index contributed by atoms with van der Waals surface area (Å²) in [6.45, 7) is 2.27. The highest BCUT2D eigenvalue weighted by atomic mass is 35.5. The van der Waals surface area contributed by atoms with E-state index in [4.69, 9.17) is 14.2 Å². The van der Waals surface area contributed by atoms with Crippen LogP contribution in [0.1, 0.15) is 5.56 Å². The molecular formula is C13H19ClN2O4. The minimum atomic E-state index is -0.0474. The van der Waals surface area contributed by atoms with Gasteiger partial charge in [-0.3, -0.25) is 4.79 Å². The molecule has 2 N–H and O–H groups in total. The maximum absolute atomic E-state index is 11.5. The average molecular weight is 303 g/mol. The number of benzene rings is 1. The molecule has 0 saturated carbocycles. The van der Waals surface area contributed by atoms with Gasteiger partial charge < -0.3 is 24.8 Å². The molecule has 0 bridgehead atoms. The lowest BCUT2D eigenvalue weighted by atomic mass is 10.2. The second kappa shape index (κ2) is 8.63. The Labute approximate surface area is 124 Å². The maximum atomic E-state index is 11.5. The standard InChI is InChI=1S/C13H18N2O4.ClH/c1-17-5-4-14-8-13(16)15-7-10-2-3-11-12(6-10)19-9-18-11;/h2-3,6,14H,4-5,7-9H2,1H3,(H,15,16);1H. The second-order valence-electron chi connectivity index (χ2n) is 4.13. The van der Waals surface area contributed by atoms with Crippen LogP contribution in [0.2, 0.25) is 0 Å². The minimum absolute atomic E-state index is 0. The molecule has 1 aromatic rings. The average Bonchev–Trinajstić information content (AvgIpc) is 2.89. The Bertz CT molecular complexity index is 442. The van der Waals surface area contributed by atoms with Crippen molar-refractivity contribution in [3.8, 4) is 11.5 Å². The summed E-state index contributed by atoms with van der Waals surface area (Å²) in [4.78, 5) is 11.5. The van der Waals surface area contributed by atoms with Gasteiger partial charge >= 0.3 is 0 Å². The molecule has 1 amide bonds. The third kappa shape index (κ3) is 4.88. The van der Waals surface area contributed by atoms with Crippen molar-refractivity contribution in [1.29, 1.82) is 0 Å². The number of halogens is 1. The van der Waals surface area contributed by atoms with Crippen LogP contribution in [0.5, 0.6) is 11.5 Å². The zero-order valence-electron chi connectivity index (χ0n) is 11.3. The van der Waals surface area contributed by atoms with Crippen molar-refractivity contribution in [3.05, 3.63) is 23.8 Å². The van der Waals surface area contributed by atoms with Gasteiger partial charge in [0.1, 0.15) is 0 Å². The fourth-order valence-corrected chi connectivity index (χ4v) is 1.69. The number of hydrogen-bond donors (Lipinski definition) is 2. The third-order valence-corrected chi connectivity index (χ3v) is 2.70. The Balaban J connectivity index is 0.00000200. The molecule has 0 fully saturated rings. The molecule has 2 rings (SSSR count). The van der Waals surface area contributed by atoms with E-state index in [0.717, 1.165) is 17.1 Å². The van der Waals surface area contributed by atoms with E-state index in [0.29, 0.717) is 19.7 Å². The molecule has 0 radical (unpaired) electrons. The molecule has 1 aliphatic heterocycles. The van der Waals surface area contributed by atoms with Gasteiger partial charge in [0.2, 0.25) is 12.7 Å². The highest BCUT2D eigenvalue weighted by molar-refractivity contribution is 5.85. The lowest BCUT2D eigenvalue weighted by Gasteiger charge is -2.07. The molecular weight excluding hydrogens is 284 g/mol. The topological polar surface area (TPSA) is 68.8 Å². The van der Waals surface area contributed by atoms with Gasteiger partial charge in [-0.2, -0.15) is 0 Å². The molecule has 6 nitrogen and oxygen atoms in total. The predicted octanol–water partition coefficient (Wildman–Crippen LogP) is 0.689. The number of carbonyl (C=O) groups excluding carboxylic acids is 1. The van der Waals surface area contributed by atoms with Crippen molar-refractivity contribution in [2.24, 2.45) is 0 Å². The van der Waals surface area contributed by atoms with Gasteiger partial charge in [0.05, 0.1) is 13.2 Å². The van der Waals surface area contributed by atoms with Crippen molar-refractivity contribution in [1.82, 2.24) is 10.6 Å². The number of ether oxygens (including phenoxy) is 3. The van der Waals surface area contributed by atoms with Crippen LogP contribution in [0.15, 0.2) is 18.2 Å². The first-order valence-corrected chi connectivity index (χ1v) is 6.14. The fraction of sp³-hybridized carbons (Fsp3) is 0.462. The van der Waals surface area contributed by atoms with Gasteiger partial charge in [-0.25, -0.2) is 0 Å². The zero-order valence-corrected chi connectivity index (χ0v) is 12.1. The van der Waals surface area contributed by atoms with Crippen LogP contribution in [-0.4, -0.2) is 39.5 Å². The number of hydrogen-bond acceptors (Lipinski definition) is 5. The number of nitrogens with one attached hydrogen (secondary N) is 2.